The summed E-state index contributed by atoms with van der Waals surface area (Å²) in [5, 5.41) is 0.922. The van der Waals surface area contributed by atoms with Crippen LogP contribution in [0.25, 0.3) is 4.85 Å². The van der Waals surface area contributed by atoms with Gasteiger partial charge in [-0.05, 0) is 37.5 Å². The zero-order chi connectivity index (χ0) is 18.7. The van der Waals surface area contributed by atoms with Gasteiger partial charge in [-0.1, -0.05) is 43.1 Å². The van der Waals surface area contributed by atoms with Crippen molar-refractivity contribution in [3.63, 3.8) is 0 Å². The van der Waals surface area contributed by atoms with Gasteiger partial charge in [0.15, 0.2) is 0 Å². The van der Waals surface area contributed by atoms with Gasteiger partial charge in [-0.25, -0.2) is 11.4 Å². The van der Waals surface area contributed by atoms with Crippen LogP contribution in [0.3, 0.4) is 0 Å². The third-order valence-corrected chi connectivity index (χ3v) is 4.67. The van der Waals surface area contributed by atoms with Gasteiger partial charge < -0.3 is 9.58 Å². The highest BCUT2D eigenvalue weighted by Crippen LogP contribution is 2.42. The summed E-state index contributed by atoms with van der Waals surface area (Å²) in [6.45, 7) is 15.4. The molecular formula is C19H20Cl2N2O2. The molecule has 1 aromatic rings. The Morgan fingerprint density at radius 3 is 2.60 bits per heavy atom. The Kier molecular flexibility index (Phi) is 6.26. The third kappa shape index (κ3) is 3.89. The van der Waals surface area contributed by atoms with E-state index in [2.05, 4.69) is 9.84 Å². The van der Waals surface area contributed by atoms with E-state index in [1.54, 1.807) is 25.1 Å². The molecule has 1 heterocycles. The topological polar surface area (TPSA) is 43.0 Å². The van der Waals surface area contributed by atoms with Gasteiger partial charge in [0.05, 0.1) is 23.6 Å². The molecule has 0 aromatic heterocycles. The Hall–Kier alpha value is -1.83. The average molecular weight is 379 g/mol. The Balaban J connectivity index is 2.75. The highest BCUT2D eigenvalue weighted by atomic mass is 35.5. The average Bonchev–Trinajstić information content (AvgIpc) is 2.54. The molecule has 0 saturated heterocycles. The number of esters is 1. The Bertz CT molecular complexity index is 791. The third-order valence-electron chi connectivity index (χ3n) is 4.11. The summed E-state index contributed by atoms with van der Waals surface area (Å²) in [7, 11) is 0. The maximum absolute atomic E-state index is 12.7. The molecule has 0 saturated carbocycles. The molecule has 132 valence electrons. The van der Waals surface area contributed by atoms with Gasteiger partial charge in [0.1, 0.15) is 5.92 Å². The Morgan fingerprint density at radius 2 is 2.08 bits per heavy atom. The van der Waals surface area contributed by atoms with Crippen LogP contribution in [-0.4, -0.2) is 24.3 Å². The minimum absolute atomic E-state index is 0.00890. The fraction of sp³-hybridized carbons (Fsp3) is 0.421. The van der Waals surface area contributed by atoms with E-state index in [1.165, 1.54) is 0 Å². The first-order valence-electron chi connectivity index (χ1n) is 8.09. The van der Waals surface area contributed by atoms with Crippen molar-refractivity contribution in [2.24, 2.45) is 10.9 Å². The SMILES string of the molecule is [C-]#[N+]C1C(C)=NC(C(C)C)=C(C(=O)OCC)C1c1ccc(Cl)cc1Cl. The number of carbonyl (C=O) groups excluding carboxylic acids is 1. The van der Waals surface area contributed by atoms with Crippen molar-refractivity contribution in [3.05, 3.63) is 56.5 Å². The molecule has 0 N–H and O–H groups in total. The van der Waals surface area contributed by atoms with Crippen molar-refractivity contribution in [2.75, 3.05) is 6.61 Å². The second-order valence-electron chi connectivity index (χ2n) is 6.14. The summed E-state index contributed by atoms with van der Waals surface area (Å²) in [5.74, 6) is -0.974. The monoisotopic (exact) mass is 378 g/mol. The lowest BCUT2D eigenvalue weighted by molar-refractivity contribution is -0.139. The first-order valence-corrected chi connectivity index (χ1v) is 8.85. The molecule has 1 aliphatic heterocycles. The molecule has 0 radical (unpaired) electrons. The number of rotatable bonds is 4. The van der Waals surface area contributed by atoms with Gasteiger partial charge in [-0.3, -0.25) is 4.99 Å². The molecule has 1 aliphatic rings. The molecule has 6 heteroatoms. The summed E-state index contributed by atoms with van der Waals surface area (Å²) in [5.41, 5.74) is 2.41. The lowest BCUT2D eigenvalue weighted by Crippen LogP contribution is -2.33. The summed E-state index contributed by atoms with van der Waals surface area (Å²) >= 11 is 12.4. The second kappa shape index (κ2) is 8.03. The fourth-order valence-corrected chi connectivity index (χ4v) is 3.53. The molecule has 2 atom stereocenters. The van der Waals surface area contributed by atoms with E-state index in [0.29, 0.717) is 32.6 Å². The van der Waals surface area contributed by atoms with Crippen LogP contribution in [0.15, 0.2) is 34.5 Å². The van der Waals surface area contributed by atoms with Crippen molar-refractivity contribution in [2.45, 2.75) is 39.7 Å². The minimum Gasteiger partial charge on any atom is -0.463 e. The van der Waals surface area contributed by atoms with Crippen LogP contribution in [0.4, 0.5) is 0 Å². The predicted molar refractivity (Wildman–Crippen MR) is 101 cm³/mol. The van der Waals surface area contributed by atoms with Crippen LogP contribution in [0.2, 0.25) is 10.0 Å². The number of hydrogen-bond acceptors (Lipinski definition) is 3. The van der Waals surface area contributed by atoms with E-state index in [0.717, 1.165) is 0 Å². The van der Waals surface area contributed by atoms with E-state index in [4.69, 9.17) is 34.5 Å². The van der Waals surface area contributed by atoms with Gasteiger partial charge in [0, 0.05) is 10.0 Å². The molecule has 2 rings (SSSR count). The number of allylic oxidation sites excluding steroid dienone is 1. The van der Waals surface area contributed by atoms with Crippen molar-refractivity contribution in [3.8, 4) is 0 Å². The van der Waals surface area contributed by atoms with E-state index >= 15 is 0 Å². The van der Waals surface area contributed by atoms with Crippen molar-refractivity contribution in [1.29, 1.82) is 0 Å². The lowest BCUT2D eigenvalue weighted by Gasteiger charge is -2.28. The summed E-state index contributed by atoms with van der Waals surface area (Å²) in [4.78, 5) is 21.0. The zero-order valence-corrected chi connectivity index (χ0v) is 16.1. The van der Waals surface area contributed by atoms with Crippen LogP contribution < -0.4 is 0 Å². The van der Waals surface area contributed by atoms with Gasteiger partial charge in [0.25, 0.3) is 6.04 Å². The van der Waals surface area contributed by atoms with Crippen LogP contribution in [-0.2, 0) is 9.53 Å². The van der Waals surface area contributed by atoms with E-state index < -0.39 is 17.9 Å². The van der Waals surface area contributed by atoms with Crippen molar-refractivity contribution in [1.82, 2.24) is 0 Å². The molecule has 0 amide bonds. The number of carbonyl (C=O) groups is 1. The number of ether oxygens (including phenoxy) is 1. The summed E-state index contributed by atoms with van der Waals surface area (Å²) < 4.78 is 5.27. The highest BCUT2D eigenvalue weighted by molar-refractivity contribution is 6.35. The molecule has 0 fully saturated rings. The quantitative estimate of drug-likeness (QED) is 0.525. The summed E-state index contributed by atoms with van der Waals surface area (Å²) in [6.07, 6.45) is 0. The van der Waals surface area contributed by atoms with Gasteiger partial charge in [0.2, 0.25) is 0 Å². The Labute approximate surface area is 158 Å². The summed E-state index contributed by atoms with van der Waals surface area (Å²) in [6, 6.07) is 4.49. The normalized spacial score (nSPS) is 20.3. The lowest BCUT2D eigenvalue weighted by atomic mass is 9.78. The molecule has 0 bridgehead atoms. The van der Waals surface area contributed by atoms with Gasteiger partial charge >= 0.3 is 5.97 Å². The zero-order valence-electron chi connectivity index (χ0n) is 14.6. The minimum atomic E-state index is -0.611. The molecule has 2 unspecified atom stereocenters. The number of aliphatic imine (C=N–C) groups is 1. The molecule has 1 aromatic carbocycles. The fourth-order valence-electron chi connectivity index (χ4n) is 3.00. The van der Waals surface area contributed by atoms with Crippen LogP contribution in [0.5, 0.6) is 0 Å². The van der Waals surface area contributed by atoms with Crippen LogP contribution in [0.1, 0.15) is 39.2 Å². The molecular weight excluding hydrogens is 359 g/mol. The number of halogens is 2. The van der Waals surface area contributed by atoms with Crippen LogP contribution in [0, 0.1) is 12.5 Å². The maximum atomic E-state index is 12.7. The number of nitrogens with zero attached hydrogens (tertiary/aromatic N) is 2. The van der Waals surface area contributed by atoms with E-state index in [-0.39, 0.29) is 12.5 Å². The second-order valence-corrected chi connectivity index (χ2v) is 6.99. The predicted octanol–water partition coefficient (Wildman–Crippen LogP) is 5.31. The number of benzene rings is 1. The first-order chi connectivity index (χ1) is 11.8. The van der Waals surface area contributed by atoms with Crippen LogP contribution >= 0.6 is 23.2 Å². The Morgan fingerprint density at radius 1 is 1.40 bits per heavy atom. The van der Waals surface area contributed by atoms with E-state index in [1.807, 2.05) is 20.8 Å². The maximum Gasteiger partial charge on any atom is 0.336 e. The van der Waals surface area contributed by atoms with Crippen molar-refractivity contribution < 1.29 is 9.53 Å². The molecule has 25 heavy (non-hydrogen) atoms. The van der Waals surface area contributed by atoms with E-state index in [9.17, 15) is 4.79 Å². The highest BCUT2D eigenvalue weighted by Gasteiger charge is 2.44. The molecule has 0 aliphatic carbocycles. The standard InChI is InChI=1S/C19H20Cl2N2O2/c1-6-25-19(24)16-15(13-8-7-12(20)9-14(13)21)18(22-5)11(4)23-17(16)10(2)3/h7-10,15,18H,6H2,1-4H3. The van der Waals surface area contributed by atoms with Gasteiger partial charge in [-0.15, -0.1) is 0 Å². The molecule has 0 spiro atoms. The molecule has 4 nitrogen and oxygen atoms in total. The smallest absolute Gasteiger partial charge is 0.336 e. The van der Waals surface area contributed by atoms with Gasteiger partial charge in [-0.2, -0.15) is 0 Å². The first kappa shape index (κ1) is 19.5. The largest absolute Gasteiger partial charge is 0.463 e. The number of hydrogen-bond donors (Lipinski definition) is 0. The van der Waals surface area contributed by atoms with Crippen molar-refractivity contribution >= 4 is 34.9 Å².